The summed E-state index contributed by atoms with van der Waals surface area (Å²) >= 11 is 5.46. The molecule has 0 radical (unpaired) electrons. The Bertz CT molecular complexity index is 1720. The molecule has 2 aliphatic rings. The maximum atomic E-state index is 14.0. The van der Waals surface area contributed by atoms with Crippen LogP contribution in [0.25, 0.3) is 0 Å². The normalized spacial score (nSPS) is 19.9. The number of aryl methyl sites for hydroxylation is 1. The molecule has 1 fully saturated rings. The van der Waals surface area contributed by atoms with Crippen LogP contribution in [0.5, 0.6) is 5.75 Å². The third-order valence-electron chi connectivity index (χ3n) is 6.96. The smallest absolute Gasteiger partial charge is 0.305 e. The van der Waals surface area contributed by atoms with Crippen molar-refractivity contribution in [1.82, 2.24) is 4.98 Å². The van der Waals surface area contributed by atoms with E-state index in [4.69, 9.17) is 4.74 Å². The van der Waals surface area contributed by atoms with Crippen LogP contribution in [0.1, 0.15) is 27.5 Å². The molecule has 12 heteroatoms. The lowest BCUT2D eigenvalue weighted by Gasteiger charge is -2.30. The number of benzene rings is 3. The molecule has 2 unspecified atom stereocenters. The second kappa shape index (κ2) is 10.3. The first-order valence-electron chi connectivity index (χ1n) is 12.2. The van der Waals surface area contributed by atoms with Crippen LogP contribution in [0.3, 0.4) is 0 Å². The van der Waals surface area contributed by atoms with Crippen LogP contribution in [0, 0.1) is 23.0 Å². The quantitative estimate of drug-likeness (QED) is 0.161. The minimum atomic E-state index is -0.899. The molecule has 3 heterocycles. The van der Waals surface area contributed by atoms with Crippen molar-refractivity contribution in [2.24, 2.45) is 5.92 Å². The summed E-state index contributed by atoms with van der Waals surface area (Å²) < 4.78 is 6.98. The zero-order valence-electron chi connectivity index (χ0n) is 20.8. The van der Waals surface area contributed by atoms with Crippen molar-refractivity contribution < 1.29 is 19.2 Å². The highest BCUT2D eigenvalue weighted by atomic mass is 79.9. The number of non-ortho nitro benzene ring substituents is 1. The molecule has 6 rings (SSSR count). The van der Waals surface area contributed by atoms with Crippen LogP contribution >= 0.6 is 39.0 Å². The molecule has 3 aromatic carbocycles. The number of amides is 2. The largest absolute Gasteiger partial charge is 0.489 e. The number of rotatable bonds is 6. The van der Waals surface area contributed by atoms with Crippen molar-refractivity contribution >= 4 is 62.2 Å². The summed E-state index contributed by atoms with van der Waals surface area (Å²) in [5.41, 5.74) is 2.62. The molecule has 0 spiro atoms. The molecule has 0 bridgehead atoms. The highest BCUT2D eigenvalue weighted by Crippen LogP contribution is 2.55. The number of imide groups is 1. The van der Waals surface area contributed by atoms with Crippen molar-refractivity contribution in [3.8, 4) is 5.75 Å². The van der Waals surface area contributed by atoms with Crippen molar-refractivity contribution in [2.75, 3.05) is 4.90 Å². The maximum Gasteiger partial charge on any atom is 0.305 e. The van der Waals surface area contributed by atoms with E-state index in [1.54, 1.807) is 24.3 Å². The molecule has 2 aliphatic heterocycles. The standard InChI is InChI=1S/C28H20BrN3O6S2/c1-14-2-4-15(5-3-14)13-38-20-11-10-18(32(36)37)12-19(20)21-22-24(39-25-23(21)40-28(35)30-25)27(34)31(26(22)33)17-8-6-16(29)7-9-17/h2-12,21-22,24H,13H2,1H3,(H,30,35)/t21-,22?,24?/m1/s1. The van der Waals surface area contributed by atoms with Gasteiger partial charge in [-0.05, 0) is 42.8 Å². The van der Waals surface area contributed by atoms with Crippen LogP contribution in [0.4, 0.5) is 11.4 Å². The zero-order valence-corrected chi connectivity index (χ0v) is 24.0. The maximum absolute atomic E-state index is 14.0. The van der Waals surface area contributed by atoms with Gasteiger partial charge in [-0.2, -0.15) is 0 Å². The number of nitrogens with one attached hydrogen (secondary N) is 1. The number of fused-ring (bicyclic) bond motifs is 2. The van der Waals surface area contributed by atoms with E-state index in [2.05, 4.69) is 20.9 Å². The van der Waals surface area contributed by atoms with E-state index in [0.29, 0.717) is 26.9 Å². The SMILES string of the molecule is Cc1ccc(COc2ccc([N+](=O)[O-])cc2[C@H]2c3sc(=O)[nH]c3SC3C(=O)N(c4ccc(Br)cc4)C(=O)C32)cc1. The van der Waals surface area contributed by atoms with E-state index in [1.165, 1.54) is 23.1 Å². The molecule has 4 aromatic rings. The number of thiazole rings is 1. The Kier molecular flexibility index (Phi) is 6.85. The first-order chi connectivity index (χ1) is 19.2. The lowest BCUT2D eigenvalue weighted by Crippen LogP contribution is -2.32. The van der Waals surface area contributed by atoms with E-state index < -0.39 is 33.8 Å². The Hall–Kier alpha value is -3.74. The van der Waals surface area contributed by atoms with E-state index in [9.17, 15) is 24.5 Å². The molecule has 9 nitrogen and oxygen atoms in total. The molecule has 1 saturated heterocycles. The number of thioether (sulfide) groups is 1. The van der Waals surface area contributed by atoms with Gasteiger partial charge in [-0.25, -0.2) is 4.90 Å². The number of nitro groups is 1. The number of nitro benzene ring substituents is 1. The van der Waals surface area contributed by atoms with Gasteiger partial charge in [0.1, 0.15) is 17.6 Å². The average molecular weight is 639 g/mol. The number of nitrogens with zero attached hydrogens (tertiary/aromatic N) is 2. The first-order valence-corrected chi connectivity index (χ1v) is 14.7. The molecule has 1 N–H and O–H groups in total. The predicted molar refractivity (Wildman–Crippen MR) is 155 cm³/mol. The summed E-state index contributed by atoms with van der Waals surface area (Å²) in [5.74, 6) is -2.20. The molecule has 40 heavy (non-hydrogen) atoms. The second-order valence-corrected chi connectivity index (χ2v) is 12.6. The van der Waals surface area contributed by atoms with Gasteiger partial charge in [0.2, 0.25) is 11.8 Å². The number of carbonyl (C=O) groups excluding carboxylic acids is 2. The molecule has 1 aromatic heterocycles. The second-order valence-electron chi connectivity index (χ2n) is 9.49. The third-order valence-corrected chi connectivity index (χ3v) is 9.89. The number of aromatic nitrogens is 1. The number of aromatic amines is 1. The molecule has 0 saturated carbocycles. The number of H-pyrrole nitrogens is 1. The fraction of sp³-hybridized carbons (Fsp3) is 0.179. The van der Waals surface area contributed by atoms with Crippen molar-refractivity contribution in [3.63, 3.8) is 0 Å². The number of carbonyl (C=O) groups is 2. The summed E-state index contributed by atoms with van der Waals surface area (Å²) in [5, 5.41) is 11.4. The molecular formula is C28H20BrN3O6S2. The lowest BCUT2D eigenvalue weighted by atomic mass is 9.82. The zero-order chi connectivity index (χ0) is 28.1. The Morgan fingerprint density at radius 3 is 2.45 bits per heavy atom. The summed E-state index contributed by atoms with van der Waals surface area (Å²) in [7, 11) is 0. The van der Waals surface area contributed by atoms with Crippen LogP contribution in [-0.2, 0) is 16.2 Å². The van der Waals surface area contributed by atoms with Crippen LogP contribution in [-0.4, -0.2) is 27.0 Å². The van der Waals surface area contributed by atoms with Gasteiger partial charge in [0.25, 0.3) is 5.69 Å². The lowest BCUT2D eigenvalue weighted by molar-refractivity contribution is -0.385. The van der Waals surface area contributed by atoms with Crippen LogP contribution < -0.4 is 14.5 Å². The molecule has 2 amide bonds. The van der Waals surface area contributed by atoms with Gasteiger partial charge in [0.15, 0.2) is 0 Å². The Labute approximate surface area is 244 Å². The van der Waals surface area contributed by atoms with Gasteiger partial charge in [-0.1, -0.05) is 68.9 Å². The van der Waals surface area contributed by atoms with E-state index >= 15 is 0 Å². The summed E-state index contributed by atoms with van der Waals surface area (Å²) in [4.78, 5) is 55.6. The number of ether oxygens (including phenoxy) is 1. The Morgan fingerprint density at radius 2 is 1.75 bits per heavy atom. The highest BCUT2D eigenvalue weighted by molar-refractivity contribution is 9.10. The molecular weight excluding hydrogens is 618 g/mol. The van der Waals surface area contributed by atoms with Gasteiger partial charge in [-0.15, -0.1) is 0 Å². The fourth-order valence-corrected chi connectivity index (χ4v) is 7.84. The number of hydrogen-bond acceptors (Lipinski definition) is 8. The van der Waals surface area contributed by atoms with E-state index in [0.717, 1.165) is 38.7 Å². The summed E-state index contributed by atoms with van der Waals surface area (Å²) in [6, 6.07) is 18.9. The van der Waals surface area contributed by atoms with Crippen molar-refractivity contribution in [1.29, 1.82) is 0 Å². The van der Waals surface area contributed by atoms with Crippen LogP contribution in [0.2, 0.25) is 0 Å². The van der Waals surface area contributed by atoms with Gasteiger partial charge in [0, 0.05) is 33.0 Å². The van der Waals surface area contributed by atoms with E-state index in [-0.39, 0.29) is 17.2 Å². The summed E-state index contributed by atoms with van der Waals surface area (Å²) in [6.45, 7) is 2.17. The predicted octanol–water partition coefficient (Wildman–Crippen LogP) is 5.79. The van der Waals surface area contributed by atoms with Crippen molar-refractivity contribution in [3.05, 3.63) is 113 Å². The van der Waals surface area contributed by atoms with Gasteiger partial charge in [0.05, 0.1) is 21.6 Å². The van der Waals surface area contributed by atoms with Gasteiger partial charge >= 0.3 is 4.87 Å². The van der Waals surface area contributed by atoms with Crippen LogP contribution in [0.15, 0.2) is 81.0 Å². The first kappa shape index (κ1) is 26.5. The highest BCUT2D eigenvalue weighted by Gasteiger charge is 2.57. The molecule has 3 atom stereocenters. The summed E-state index contributed by atoms with van der Waals surface area (Å²) in [6.07, 6.45) is 0. The molecule has 202 valence electrons. The monoisotopic (exact) mass is 637 g/mol. The van der Waals surface area contributed by atoms with Gasteiger partial charge < -0.3 is 9.72 Å². The fourth-order valence-electron chi connectivity index (χ4n) is 5.07. The van der Waals surface area contributed by atoms with Gasteiger partial charge in [-0.3, -0.25) is 24.5 Å². The molecule has 0 aliphatic carbocycles. The number of hydrogen-bond donors (Lipinski definition) is 1. The third kappa shape index (κ3) is 4.65. The Morgan fingerprint density at radius 1 is 1.02 bits per heavy atom. The average Bonchev–Trinajstić information content (AvgIpc) is 3.43. The minimum Gasteiger partial charge on any atom is -0.489 e. The number of anilines is 1. The number of halogens is 1. The van der Waals surface area contributed by atoms with Crippen molar-refractivity contribution in [2.45, 2.75) is 29.7 Å². The topological polar surface area (TPSA) is 123 Å². The van der Waals surface area contributed by atoms with E-state index in [1.807, 2.05) is 31.2 Å². The Balaban J connectivity index is 1.47. The minimum absolute atomic E-state index is 0.182.